The Morgan fingerprint density at radius 3 is 2.27 bits per heavy atom. The van der Waals surface area contributed by atoms with E-state index in [1.165, 1.54) is 18.7 Å². The van der Waals surface area contributed by atoms with Crippen molar-refractivity contribution in [2.45, 2.75) is 27.2 Å². The van der Waals surface area contributed by atoms with Crippen LogP contribution in [0.4, 0.5) is 4.39 Å². The molecule has 1 nitrogen and oxygen atoms in total. The monoisotopic (exact) mass is 155 g/mol. The lowest BCUT2D eigenvalue weighted by molar-refractivity contribution is 0.582. The third kappa shape index (κ3) is 5.52. The highest BCUT2D eigenvalue weighted by atomic mass is 19.1. The van der Waals surface area contributed by atoms with Crippen molar-refractivity contribution in [3.05, 3.63) is 29.8 Å². The zero-order chi connectivity index (χ0) is 8.69. The van der Waals surface area contributed by atoms with E-state index in [4.69, 9.17) is 0 Å². The van der Waals surface area contributed by atoms with Crippen LogP contribution in [-0.2, 0) is 0 Å². The first-order valence-electron chi connectivity index (χ1n) is 3.78. The predicted molar refractivity (Wildman–Crippen MR) is 44.9 cm³/mol. The van der Waals surface area contributed by atoms with Gasteiger partial charge in [-0.2, -0.15) is 4.39 Å². The van der Waals surface area contributed by atoms with Gasteiger partial charge in [0, 0.05) is 6.20 Å². The molecule has 2 heteroatoms. The zero-order valence-corrected chi connectivity index (χ0v) is 7.26. The Hall–Kier alpha value is -0.920. The van der Waals surface area contributed by atoms with E-state index in [9.17, 15) is 4.39 Å². The van der Waals surface area contributed by atoms with Crippen molar-refractivity contribution in [2.24, 2.45) is 0 Å². The lowest BCUT2D eigenvalue weighted by atomic mass is 10.3. The summed E-state index contributed by atoms with van der Waals surface area (Å²) in [6, 6.07) is 3.14. The molecule has 0 aromatic carbocycles. The van der Waals surface area contributed by atoms with Crippen molar-refractivity contribution in [2.75, 3.05) is 0 Å². The van der Waals surface area contributed by atoms with E-state index in [0.29, 0.717) is 0 Å². The molecule has 0 atom stereocenters. The first kappa shape index (κ1) is 10.1. The number of aryl methyl sites for hydroxylation is 1. The van der Waals surface area contributed by atoms with Gasteiger partial charge in [0.15, 0.2) is 0 Å². The molecule has 1 rings (SSSR count). The van der Waals surface area contributed by atoms with Crippen LogP contribution in [0.25, 0.3) is 0 Å². The SMILES string of the molecule is CCC.Cc1ccnc(F)c1. The molecule has 11 heavy (non-hydrogen) atoms. The molecular formula is C9H14FN. The standard InChI is InChI=1S/C6H6FN.C3H8/c1-5-2-3-8-6(7)4-5;1-3-2/h2-4H,1H3;3H2,1-2H3. The average molecular weight is 155 g/mol. The topological polar surface area (TPSA) is 12.9 Å². The number of pyridine rings is 1. The largest absolute Gasteiger partial charge is 0.228 e. The Morgan fingerprint density at radius 2 is 2.00 bits per heavy atom. The van der Waals surface area contributed by atoms with Crippen molar-refractivity contribution in [1.82, 2.24) is 4.98 Å². The molecule has 0 N–H and O–H groups in total. The smallest absolute Gasteiger partial charge is 0.213 e. The highest BCUT2D eigenvalue weighted by molar-refractivity contribution is 5.07. The first-order valence-corrected chi connectivity index (χ1v) is 3.78. The van der Waals surface area contributed by atoms with Gasteiger partial charge in [-0.15, -0.1) is 0 Å². The zero-order valence-electron chi connectivity index (χ0n) is 7.26. The number of nitrogens with zero attached hydrogens (tertiary/aromatic N) is 1. The van der Waals surface area contributed by atoms with Crippen LogP contribution >= 0.6 is 0 Å². The van der Waals surface area contributed by atoms with Crippen LogP contribution in [0.5, 0.6) is 0 Å². The van der Waals surface area contributed by atoms with Crippen LogP contribution in [0.3, 0.4) is 0 Å². The van der Waals surface area contributed by atoms with Crippen LogP contribution in [0, 0.1) is 12.9 Å². The maximum atomic E-state index is 12.1. The summed E-state index contributed by atoms with van der Waals surface area (Å²) in [7, 11) is 0. The van der Waals surface area contributed by atoms with Crippen molar-refractivity contribution in [3.63, 3.8) is 0 Å². The molecule has 0 saturated carbocycles. The van der Waals surface area contributed by atoms with Crippen LogP contribution in [0.2, 0.25) is 0 Å². The van der Waals surface area contributed by atoms with E-state index in [2.05, 4.69) is 18.8 Å². The van der Waals surface area contributed by atoms with E-state index in [1.807, 2.05) is 6.92 Å². The molecule has 1 aromatic rings. The molecule has 0 fully saturated rings. The normalized spacial score (nSPS) is 8.36. The summed E-state index contributed by atoms with van der Waals surface area (Å²) < 4.78 is 12.1. The van der Waals surface area contributed by atoms with Gasteiger partial charge in [-0.1, -0.05) is 20.3 Å². The Bertz CT molecular complexity index is 181. The minimum absolute atomic E-state index is 0.412. The number of halogens is 1. The van der Waals surface area contributed by atoms with Crippen molar-refractivity contribution in [1.29, 1.82) is 0 Å². The van der Waals surface area contributed by atoms with Gasteiger partial charge in [0.25, 0.3) is 0 Å². The quantitative estimate of drug-likeness (QED) is 0.525. The fourth-order valence-corrected chi connectivity index (χ4v) is 0.499. The molecular weight excluding hydrogens is 141 g/mol. The van der Waals surface area contributed by atoms with Crippen LogP contribution < -0.4 is 0 Å². The summed E-state index contributed by atoms with van der Waals surface area (Å²) >= 11 is 0. The van der Waals surface area contributed by atoms with E-state index < -0.39 is 5.95 Å². The highest BCUT2D eigenvalue weighted by Gasteiger charge is 1.86. The summed E-state index contributed by atoms with van der Waals surface area (Å²) in [5, 5.41) is 0. The van der Waals surface area contributed by atoms with Crippen LogP contribution in [-0.4, -0.2) is 4.98 Å². The maximum Gasteiger partial charge on any atom is 0.213 e. The van der Waals surface area contributed by atoms with Gasteiger partial charge in [0.2, 0.25) is 5.95 Å². The van der Waals surface area contributed by atoms with Crippen LogP contribution in [0.15, 0.2) is 18.3 Å². The lowest BCUT2D eigenvalue weighted by Crippen LogP contribution is -1.79. The molecule has 0 aliphatic heterocycles. The van der Waals surface area contributed by atoms with Gasteiger partial charge in [0.1, 0.15) is 0 Å². The van der Waals surface area contributed by atoms with Crippen molar-refractivity contribution >= 4 is 0 Å². The molecule has 1 aromatic heterocycles. The van der Waals surface area contributed by atoms with E-state index >= 15 is 0 Å². The van der Waals surface area contributed by atoms with Crippen LogP contribution in [0.1, 0.15) is 25.8 Å². The molecule has 0 aliphatic rings. The number of aromatic nitrogens is 1. The highest BCUT2D eigenvalue weighted by Crippen LogP contribution is 1.95. The Balaban J connectivity index is 0.000000292. The minimum Gasteiger partial charge on any atom is -0.228 e. The second-order valence-electron chi connectivity index (χ2n) is 2.36. The molecule has 0 amide bonds. The minimum atomic E-state index is -0.412. The average Bonchev–Trinajstić information content (AvgIpc) is 1.88. The predicted octanol–water partition coefficient (Wildman–Crippen LogP) is 2.95. The second-order valence-corrected chi connectivity index (χ2v) is 2.36. The number of rotatable bonds is 0. The molecule has 1 heterocycles. The summed E-state index contributed by atoms with van der Waals surface area (Å²) in [4.78, 5) is 3.37. The first-order chi connectivity index (χ1) is 5.20. The van der Waals surface area contributed by atoms with Crippen molar-refractivity contribution < 1.29 is 4.39 Å². The van der Waals surface area contributed by atoms with Gasteiger partial charge in [-0.3, -0.25) is 0 Å². The molecule has 0 unspecified atom stereocenters. The Morgan fingerprint density at radius 1 is 1.45 bits per heavy atom. The summed E-state index contributed by atoms with van der Waals surface area (Å²) in [5.74, 6) is -0.412. The molecule has 0 radical (unpaired) electrons. The molecule has 0 saturated heterocycles. The number of hydrogen-bond acceptors (Lipinski definition) is 1. The van der Waals surface area contributed by atoms with Gasteiger partial charge in [-0.25, -0.2) is 4.98 Å². The Kier molecular flexibility index (Phi) is 5.35. The fourth-order valence-electron chi connectivity index (χ4n) is 0.499. The van der Waals surface area contributed by atoms with Gasteiger partial charge in [0.05, 0.1) is 0 Å². The van der Waals surface area contributed by atoms with Crippen molar-refractivity contribution in [3.8, 4) is 0 Å². The van der Waals surface area contributed by atoms with E-state index in [-0.39, 0.29) is 0 Å². The third-order valence-corrected chi connectivity index (χ3v) is 0.882. The third-order valence-electron chi connectivity index (χ3n) is 0.882. The maximum absolute atomic E-state index is 12.1. The summed E-state index contributed by atoms with van der Waals surface area (Å²) in [5.41, 5.74) is 0.900. The van der Waals surface area contributed by atoms with E-state index in [0.717, 1.165) is 5.56 Å². The van der Waals surface area contributed by atoms with Gasteiger partial charge < -0.3 is 0 Å². The lowest BCUT2D eigenvalue weighted by Gasteiger charge is -1.86. The molecule has 0 spiro atoms. The summed E-state index contributed by atoms with van der Waals surface area (Å²) in [6.07, 6.45) is 2.70. The fraction of sp³-hybridized carbons (Fsp3) is 0.444. The molecule has 0 bridgehead atoms. The van der Waals surface area contributed by atoms with Gasteiger partial charge >= 0.3 is 0 Å². The van der Waals surface area contributed by atoms with E-state index in [1.54, 1.807) is 6.07 Å². The Labute approximate surface area is 67.3 Å². The summed E-state index contributed by atoms with van der Waals surface area (Å²) in [6.45, 7) is 6.07. The number of hydrogen-bond donors (Lipinski definition) is 0. The second kappa shape index (κ2) is 5.83. The van der Waals surface area contributed by atoms with Gasteiger partial charge in [-0.05, 0) is 24.6 Å². The molecule has 62 valence electrons. The molecule has 0 aliphatic carbocycles.